The Labute approximate surface area is 389 Å². The fourth-order valence-electron chi connectivity index (χ4n) is 11.1. The summed E-state index contributed by atoms with van der Waals surface area (Å²) in [6, 6.07) is 21.3. The van der Waals surface area contributed by atoms with Crippen LogP contribution in [0.25, 0.3) is 44.2 Å². The van der Waals surface area contributed by atoms with Crippen molar-refractivity contribution in [2.75, 3.05) is 20.2 Å². The lowest BCUT2D eigenvalue weighted by atomic mass is 9.92. The molecule has 4 amide bonds. The van der Waals surface area contributed by atoms with Gasteiger partial charge in [-0.3, -0.25) is 14.4 Å². The number of likely N-dealkylation sites (tertiary alicyclic amines) is 2. The van der Waals surface area contributed by atoms with Gasteiger partial charge < -0.3 is 39.9 Å². The van der Waals surface area contributed by atoms with Crippen LogP contribution in [0.2, 0.25) is 0 Å². The summed E-state index contributed by atoms with van der Waals surface area (Å²) >= 11 is 0. The Hall–Kier alpha value is -6.70. The molecule has 5 aliphatic rings. The predicted octanol–water partition coefficient (Wildman–Crippen LogP) is 9.30. The minimum Gasteiger partial charge on any atom is -0.488 e. The Morgan fingerprint density at radius 1 is 0.776 bits per heavy atom. The summed E-state index contributed by atoms with van der Waals surface area (Å²) in [7, 11) is 1.30. The third-order valence-electron chi connectivity index (χ3n) is 14.9. The highest BCUT2D eigenvalue weighted by Gasteiger charge is 2.40. The molecule has 6 aromatic rings. The number of methoxy groups -OCH3 is 1. The second kappa shape index (κ2) is 17.5. The summed E-state index contributed by atoms with van der Waals surface area (Å²) in [5, 5.41) is 7.87. The smallest absolute Gasteiger partial charge is 0.407 e. The number of benzene rings is 4. The SMILES string of the molecule is COC(=O)N[C@H](C(=O)N1CCC[C@H]1c1ncc(-c2ccc3c(c2)COc2cc4c(ccc5[nH]c([C@@H]6CCCN6C(=O)[C@H](NC(=O)C6CC6)c6ccc(C7CCCC7)cc6)nc54)cc2-3)[nH]1)C(C)C. The first-order chi connectivity index (χ1) is 32.6. The number of aromatic amines is 2. The molecule has 11 rings (SSSR count). The van der Waals surface area contributed by atoms with E-state index in [0.29, 0.717) is 31.4 Å². The standard InChI is InChI=1S/C53H58N8O6/c1-29(2)45(59-53(65)66-3)51(63)60-22-6-10-42(60)48-54-27-41(56-48)35-18-20-37-36(24-35)28-67-44-26-38-34(25-39(37)44)19-21-40-47(38)57-49(55-40)43-11-7-23-61(43)52(64)46(58-50(62)33-16-17-33)32-14-12-31(13-15-32)30-8-4-5-9-30/h12-15,18-21,24-27,29-30,33,42-43,45-46H,4-11,16-17,22-23,28H2,1-3H3,(H,54,56)(H,55,57)(H,58,62)(H,59,65)/t42-,43-,45-,46+/m0/s1. The normalized spacial score (nSPS) is 20.2. The quantitative estimate of drug-likeness (QED) is 0.0995. The molecule has 2 aliphatic carbocycles. The predicted molar refractivity (Wildman–Crippen MR) is 254 cm³/mol. The summed E-state index contributed by atoms with van der Waals surface area (Å²) < 4.78 is 11.3. The molecule has 4 fully saturated rings. The summed E-state index contributed by atoms with van der Waals surface area (Å²) in [5.74, 6) is 2.41. The van der Waals surface area contributed by atoms with Gasteiger partial charge in [0.25, 0.3) is 0 Å². The molecule has 4 atom stereocenters. The van der Waals surface area contributed by atoms with Crippen molar-refractivity contribution < 1.29 is 28.7 Å². The topological polar surface area (TPSA) is 175 Å². The van der Waals surface area contributed by atoms with Gasteiger partial charge in [-0.1, -0.05) is 69.2 Å². The minimum absolute atomic E-state index is 0.0131. The van der Waals surface area contributed by atoms with E-state index in [1.54, 1.807) is 0 Å². The third-order valence-corrected chi connectivity index (χ3v) is 14.9. The molecule has 5 heterocycles. The maximum atomic E-state index is 14.6. The van der Waals surface area contributed by atoms with Crippen molar-refractivity contribution in [3.63, 3.8) is 0 Å². The highest BCUT2D eigenvalue weighted by atomic mass is 16.5. The van der Waals surface area contributed by atoms with E-state index in [1.807, 2.05) is 42.0 Å². The molecule has 0 spiro atoms. The van der Waals surface area contributed by atoms with Crippen LogP contribution in [0.1, 0.15) is 130 Å². The molecule has 3 aliphatic heterocycles. The molecule has 4 aromatic carbocycles. The van der Waals surface area contributed by atoms with Crippen molar-refractivity contribution in [2.45, 2.75) is 115 Å². The second-order valence-electron chi connectivity index (χ2n) is 19.6. The van der Waals surface area contributed by atoms with E-state index in [1.165, 1.54) is 38.4 Å². The number of H-pyrrole nitrogens is 2. The lowest BCUT2D eigenvalue weighted by Crippen LogP contribution is -2.51. The van der Waals surface area contributed by atoms with Gasteiger partial charge in [0.1, 0.15) is 36.1 Å². The fraction of sp³-hybridized carbons (Fsp3) is 0.434. The largest absolute Gasteiger partial charge is 0.488 e. The molecule has 0 radical (unpaired) electrons. The summed E-state index contributed by atoms with van der Waals surface area (Å²) in [5.41, 5.74) is 8.83. The van der Waals surface area contributed by atoms with Gasteiger partial charge in [0, 0.05) is 30.0 Å². The maximum Gasteiger partial charge on any atom is 0.407 e. The zero-order valence-corrected chi connectivity index (χ0v) is 38.4. The number of aromatic nitrogens is 4. The van der Waals surface area contributed by atoms with Gasteiger partial charge in [-0.05, 0) is 121 Å². The highest BCUT2D eigenvalue weighted by Crippen LogP contribution is 2.44. The molecule has 346 valence electrons. The first-order valence-electron chi connectivity index (χ1n) is 24.2. The zero-order chi connectivity index (χ0) is 45.9. The van der Waals surface area contributed by atoms with Gasteiger partial charge in [-0.2, -0.15) is 0 Å². The van der Waals surface area contributed by atoms with Crippen molar-refractivity contribution in [2.24, 2.45) is 11.8 Å². The monoisotopic (exact) mass is 902 g/mol. The van der Waals surface area contributed by atoms with Crippen molar-refractivity contribution in [3.8, 4) is 28.1 Å². The average Bonchev–Trinajstić information content (AvgIpc) is 3.99. The number of nitrogens with zero attached hydrogens (tertiary/aromatic N) is 4. The number of ether oxygens (including phenoxy) is 2. The van der Waals surface area contributed by atoms with E-state index in [9.17, 15) is 19.2 Å². The Balaban J connectivity index is 0.831. The summed E-state index contributed by atoms with van der Waals surface area (Å²) in [4.78, 5) is 74.4. The highest BCUT2D eigenvalue weighted by molar-refractivity contribution is 6.07. The van der Waals surface area contributed by atoms with E-state index in [2.05, 4.69) is 75.2 Å². The van der Waals surface area contributed by atoms with E-state index in [-0.39, 0.29) is 41.6 Å². The first-order valence-corrected chi connectivity index (χ1v) is 24.2. The summed E-state index contributed by atoms with van der Waals surface area (Å²) in [6.45, 7) is 5.38. The van der Waals surface area contributed by atoms with Crippen molar-refractivity contribution in [1.82, 2.24) is 40.4 Å². The molecule has 4 N–H and O–H groups in total. The van der Waals surface area contributed by atoms with Gasteiger partial charge >= 0.3 is 6.09 Å². The van der Waals surface area contributed by atoms with E-state index < -0.39 is 18.2 Å². The zero-order valence-electron chi connectivity index (χ0n) is 38.4. The molecule has 67 heavy (non-hydrogen) atoms. The molecule has 14 nitrogen and oxygen atoms in total. The van der Waals surface area contributed by atoms with Crippen molar-refractivity contribution >= 4 is 45.6 Å². The van der Waals surface area contributed by atoms with Gasteiger partial charge in [0.15, 0.2) is 0 Å². The Morgan fingerprint density at radius 3 is 2.25 bits per heavy atom. The van der Waals surface area contributed by atoms with Gasteiger partial charge in [0.2, 0.25) is 17.7 Å². The molecule has 0 unspecified atom stereocenters. The minimum atomic E-state index is -0.752. The molecule has 2 saturated carbocycles. The molecular weight excluding hydrogens is 845 g/mol. The number of amides is 4. The number of nitrogens with one attached hydrogen (secondary N) is 4. The van der Waals surface area contributed by atoms with Crippen LogP contribution in [0, 0.1) is 11.8 Å². The lowest BCUT2D eigenvalue weighted by molar-refractivity contribution is -0.138. The first kappa shape index (κ1) is 42.9. The van der Waals surface area contributed by atoms with E-state index in [0.717, 1.165) is 105 Å². The average molecular weight is 903 g/mol. The molecule has 0 bridgehead atoms. The van der Waals surface area contributed by atoms with Crippen LogP contribution >= 0.6 is 0 Å². The van der Waals surface area contributed by atoms with Crippen LogP contribution in [0.3, 0.4) is 0 Å². The molecule has 2 aromatic heterocycles. The Bertz CT molecular complexity index is 2890. The van der Waals surface area contributed by atoms with Gasteiger partial charge in [0.05, 0.1) is 42.1 Å². The van der Waals surface area contributed by atoms with Crippen LogP contribution in [0.4, 0.5) is 4.79 Å². The number of rotatable bonds is 11. The number of hydrogen-bond acceptors (Lipinski definition) is 8. The van der Waals surface area contributed by atoms with Crippen LogP contribution in [-0.2, 0) is 25.7 Å². The van der Waals surface area contributed by atoms with Gasteiger partial charge in [-0.15, -0.1) is 0 Å². The maximum absolute atomic E-state index is 14.6. The van der Waals surface area contributed by atoms with Crippen LogP contribution < -0.4 is 15.4 Å². The second-order valence-corrected chi connectivity index (χ2v) is 19.6. The Morgan fingerprint density at radius 2 is 1.52 bits per heavy atom. The number of alkyl carbamates (subject to hydrolysis) is 1. The number of carbonyl (C=O) groups is 4. The van der Waals surface area contributed by atoms with Crippen molar-refractivity contribution in [3.05, 3.63) is 101 Å². The molecule has 2 saturated heterocycles. The number of imidazole rings is 2. The number of fused-ring (bicyclic) bond motifs is 6. The molecule has 14 heteroatoms. The van der Waals surface area contributed by atoms with Crippen LogP contribution in [0.5, 0.6) is 5.75 Å². The van der Waals surface area contributed by atoms with Gasteiger partial charge in [-0.25, -0.2) is 14.8 Å². The van der Waals surface area contributed by atoms with Crippen molar-refractivity contribution in [1.29, 1.82) is 0 Å². The third kappa shape index (κ3) is 8.07. The summed E-state index contributed by atoms with van der Waals surface area (Å²) in [6.07, 6.45) is 11.1. The number of hydrogen-bond donors (Lipinski definition) is 4. The number of carbonyl (C=O) groups excluding carboxylic acids is 4. The lowest BCUT2D eigenvalue weighted by Gasteiger charge is -2.30. The van der Waals surface area contributed by atoms with E-state index >= 15 is 0 Å². The molecular formula is C53H58N8O6. The van der Waals surface area contributed by atoms with Crippen LogP contribution in [-0.4, -0.2) is 79.8 Å². The van der Waals surface area contributed by atoms with Crippen LogP contribution in [0.15, 0.2) is 72.9 Å². The van der Waals surface area contributed by atoms with E-state index in [4.69, 9.17) is 19.4 Å². The fourth-order valence-corrected chi connectivity index (χ4v) is 11.1. The Kier molecular flexibility index (Phi) is 11.2.